The number of likely N-dealkylation sites (N-methyl/N-ethyl adjacent to an activating group) is 2. The van der Waals surface area contributed by atoms with E-state index in [9.17, 15) is 9.59 Å². The third kappa shape index (κ3) is 2.87. The third-order valence-corrected chi connectivity index (χ3v) is 1.66. The minimum atomic E-state index is -0.998. The molecule has 0 aromatic heterocycles. The second kappa shape index (κ2) is 4.71. The molecule has 12 heavy (non-hydrogen) atoms. The second-order valence-electron chi connectivity index (χ2n) is 2.55. The summed E-state index contributed by atoms with van der Waals surface area (Å²) in [6.45, 7) is 1.63. The SMILES string of the molecule is CNCC(=O)N(C)C(C)C(=O)O. The van der Waals surface area contributed by atoms with Crippen molar-refractivity contribution in [2.24, 2.45) is 0 Å². The van der Waals surface area contributed by atoms with E-state index >= 15 is 0 Å². The number of aliphatic carboxylic acids is 1. The zero-order valence-electron chi connectivity index (χ0n) is 7.50. The summed E-state index contributed by atoms with van der Waals surface area (Å²) in [6, 6.07) is -0.772. The van der Waals surface area contributed by atoms with Crippen LogP contribution in [0.3, 0.4) is 0 Å². The van der Waals surface area contributed by atoms with Crippen LogP contribution in [0.4, 0.5) is 0 Å². The van der Waals surface area contributed by atoms with Gasteiger partial charge in [0, 0.05) is 7.05 Å². The van der Waals surface area contributed by atoms with Gasteiger partial charge in [-0.05, 0) is 14.0 Å². The van der Waals surface area contributed by atoms with Gasteiger partial charge in [0.05, 0.1) is 6.54 Å². The number of rotatable bonds is 4. The maximum Gasteiger partial charge on any atom is 0.326 e. The molecule has 0 radical (unpaired) electrons. The fraction of sp³-hybridized carbons (Fsp3) is 0.714. The summed E-state index contributed by atoms with van der Waals surface area (Å²) in [4.78, 5) is 22.7. The number of carbonyl (C=O) groups excluding carboxylic acids is 1. The van der Waals surface area contributed by atoms with Crippen molar-refractivity contribution in [3.8, 4) is 0 Å². The van der Waals surface area contributed by atoms with Gasteiger partial charge in [-0.2, -0.15) is 0 Å². The van der Waals surface area contributed by atoms with Crippen molar-refractivity contribution in [2.75, 3.05) is 20.6 Å². The Labute approximate surface area is 71.4 Å². The van der Waals surface area contributed by atoms with Crippen molar-refractivity contribution >= 4 is 11.9 Å². The predicted octanol–water partition coefficient (Wildman–Crippen LogP) is -0.863. The summed E-state index contributed by atoms with van der Waals surface area (Å²) < 4.78 is 0. The van der Waals surface area contributed by atoms with Crippen LogP contribution in [-0.4, -0.2) is 48.6 Å². The van der Waals surface area contributed by atoms with Crippen LogP contribution >= 0.6 is 0 Å². The maximum absolute atomic E-state index is 11.1. The molecule has 5 heteroatoms. The molecule has 1 amide bonds. The van der Waals surface area contributed by atoms with E-state index in [1.165, 1.54) is 18.9 Å². The van der Waals surface area contributed by atoms with Gasteiger partial charge in [0.1, 0.15) is 6.04 Å². The number of carbonyl (C=O) groups is 2. The molecule has 2 N–H and O–H groups in total. The molecule has 0 aliphatic heterocycles. The molecule has 0 saturated carbocycles. The van der Waals surface area contributed by atoms with Crippen LogP contribution in [0.1, 0.15) is 6.92 Å². The Morgan fingerprint density at radius 2 is 2.08 bits per heavy atom. The van der Waals surface area contributed by atoms with Gasteiger partial charge in [-0.25, -0.2) is 4.79 Å². The van der Waals surface area contributed by atoms with Crippen LogP contribution < -0.4 is 5.32 Å². The third-order valence-electron chi connectivity index (χ3n) is 1.66. The molecule has 70 valence electrons. The standard InChI is InChI=1S/C7H14N2O3/c1-5(7(11)12)9(3)6(10)4-8-2/h5,8H,4H2,1-3H3,(H,11,12). The van der Waals surface area contributed by atoms with E-state index < -0.39 is 12.0 Å². The van der Waals surface area contributed by atoms with E-state index in [0.717, 1.165) is 0 Å². The van der Waals surface area contributed by atoms with Crippen molar-refractivity contribution in [1.82, 2.24) is 10.2 Å². The van der Waals surface area contributed by atoms with Gasteiger partial charge in [-0.15, -0.1) is 0 Å². The molecule has 0 aromatic rings. The highest BCUT2D eigenvalue weighted by Gasteiger charge is 2.20. The molecule has 5 nitrogen and oxygen atoms in total. The largest absolute Gasteiger partial charge is 0.480 e. The Kier molecular flexibility index (Phi) is 4.28. The topological polar surface area (TPSA) is 69.6 Å². The highest BCUT2D eigenvalue weighted by atomic mass is 16.4. The van der Waals surface area contributed by atoms with E-state index in [2.05, 4.69) is 5.32 Å². The molecule has 0 aliphatic rings. The van der Waals surface area contributed by atoms with E-state index in [1.807, 2.05) is 0 Å². The monoisotopic (exact) mass is 174 g/mol. The molecule has 0 fully saturated rings. The lowest BCUT2D eigenvalue weighted by Gasteiger charge is -2.20. The zero-order chi connectivity index (χ0) is 9.72. The van der Waals surface area contributed by atoms with Crippen molar-refractivity contribution in [1.29, 1.82) is 0 Å². The first-order valence-corrected chi connectivity index (χ1v) is 3.63. The van der Waals surface area contributed by atoms with E-state index in [1.54, 1.807) is 7.05 Å². The fourth-order valence-corrected chi connectivity index (χ4v) is 0.658. The molecule has 0 rings (SSSR count). The van der Waals surface area contributed by atoms with Crippen molar-refractivity contribution in [3.05, 3.63) is 0 Å². The van der Waals surface area contributed by atoms with Crippen LogP contribution in [0, 0.1) is 0 Å². The van der Waals surface area contributed by atoms with Crippen LogP contribution in [0.25, 0.3) is 0 Å². The van der Waals surface area contributed by atoms with Crippen LogP contribution in [-0.2, 0) is 9.59 Å². The summed E-state index contributed by atoms with van der Waals surface area (Å²) in [5, 5.41) is 11.2. The van der Waals surface area contributed by atoms with E-state index in [4.69, 9.17) is 5.11 Å². The zero-order valence-corrected chi connectivity index (χ0v) is 7.50. The van der Waals surface area contributed by atoms with E-state index in [0.29, 0.717) is 0 Å². The molecule has 0 heterocycles. The van der Waals surface area contributed by atoms with Gasteiger partial charge in [-0.3, -0.25) is 4.79 Å². The molecule has 0 aromatic carbocycles. The normalized spacial score (nSPS) is 12.2. The second-order valence-corrected chi connectivity index (χ2v) is 2.55. The summed E-state index contributed by atoms with van der Waals surface area (Å²) >= 11 is 0. The Morgan fingerprint density at radius 1 is 1.58 bits per heavy atom. The number of hydrogen-bond donors (Lipinski definition) is 2. The highest BCUT2D eigenvalue weighted by Crippen LogP contribution is 1.95. The number of amides is 1. The first-order chi connectivity index (χ1) is 5.50. The molecule has 0 spiro atoms. The first-order valence-electron chi connectivity index (χ1n) is 3.63. The quantitative estimate of drug-likeness (QED) is 0.581. The fourth-order valence-electron chi connectivity index (χ4n) is 0.658. The number of nitrogens with one attached hydrogen (secondary N) is 1. The molecule has 0 saturated heterocycles. The van der Waals surface area contributed by atoms with Crippen molar-refractivity contribution in [3.63, 3.8) is 0 Å². The van der Waals surface area contributed by atoms with Crippen molar-refractivity contribution < 1.29 is 14.7 Å². The predicted molar refractivity (Wildman–Crippen MR) is 43.8 cm³/mol. The maximum atomic E-state index is 11.1. The lowest BCUT2D eigenvalue weighted by atomic mass is 10.3. The molecule has 1 atom stereocenters. The van der Waals surface area contributed by atoms with Gasteiger partial charge in [-0.1, -0.05) is 0 Å². The smallest absolute Gasteiger partial charge is 0.326 e. The lowest BCUT2D eigenvalue weighted by molar-refractivity contribution is -0.147. The minimum absolute atomic E-state index is 0.161. The molecule has 0 aliphatic carbocycles. The van der Waals surface area contributed by atoms with Crippen molar-refractivity contribution in [2.45, 2.75) is 13.0 Å². The van der Waals surface area contributed by atoms with Gasteiger partial charge in [0.2, 0.25) is 5.91 Å². The Balaban J connectivity index is 4.09. The summed E-state index contributed by atoms with van der Waals surface area (Å²) in [6.07, 6.45) is 0. The van der Waals surface area contributed by atoms with Crippen LogP contribution in [0.2, 0.25) is 0 Å². The Bertz CT molecular complexity index is 181. The van der Waals surface area contributed by atoms with Crippen LogP contribution in [0.5, 0.6) is 0 Å². The average molecular weight is 174 g/mol. The van der Waals surface area contributed by atoms with Gasteiger partial charge in [0.15, 0.2) is 0 Å². The van der Waals surface area contributed by atoms with Gasteiger partial charge < -0.3 is 15.3 Å². The molecule has 1 unspecified atom stereocenters. The Hall–Kier alpha value is -1.10. The van der Waals surface area contributed by atoms with E-state index in [-0.39, 0.29) is 12.5 Å². The lowest BCUT2D eigenvalue weighted by Crippen LogP contribution is -2.43. The molecule has 0 bridgehead atoms. The molecular weight excluding hydrogens is 160 g/mol. The molecular formula is C7H14N2O3. The number of nitrogens with zero attached hydrogens (tertiary/aromatic N) is 1. The minimum Gasteiger partial charge on any atom is -0.480 e. The van der Waals surface area contributed by atoms with Gasteiger partial charge in [0.25, 0.3) is 0 Å². The number of carboxylic acids is 1. The van der Waals surface area contributed by atoms with Crippen LogP contribution in [0.15, 0.2) is 0 Å². The Morgan fingerprint density at radius 3 is 2.42 bits per heavy atom. The first kappa shape index (κ1) is 10.9. The summed E-state index contributed by atoms with van der Waals surface area (Å²) in [5.41, 5.74) is 0. The highest BCUT2D eigenvalue weighted by molar-refractivity contribution is 5.84. The summed E-state index contributed by atoms with van der Waals surface area (Å²) in [5.74, 6) is -1.23. The number of carboxylic acid groups (broad SMARTS) is 1. The summed E-state index contributed by atoms with van der Waals surface area (Å²) in [7, 11) is 3.11. The number of hydrogen-bond acceptors (Lipinski definition) is 3. The average Bonchev–Trinajstić information content (AvgIpc) is 2.02. The van der Waals surface area contributed by atoms with Gasteiger partial charge >= 0.3 is 5.97 Å².